The molecular weight excluding hydrogens is 232 g/mol. The Balaban J connectivity index is 2.36. The quantitative estimate of drug-likeness (QED) is 0.854. The molecular formula is C14H11ClN2. The molecule has 0 aliphatic rings. The van der Waals surface area contributed by atoms with Crippen molar-refractivity contribution in [2.45, 2.75) is 6.92 Å². The molecule has 3 heteroatoms. The first-order chi connectivity index (χ1) is 8.19. The molecule has 0 fully saturated rings. The summed E-state index contributed by atoms with van der Waals surface area (Å²) in [6.07, 6.45) is 0. The van der Waals surface area contributed by atoms with Crippen LogP contribution in [0.15, 0.2) is 42.5 Å². The number of aryl methyl sites for hydroxylation is 1. The van der Waals surface area contributed by atoms with Crippen molar-refractivity contribution in [2.75, 3.05) is 5.32 Å². The molecule has 1 N–H and O–H groups in total. The van der Waals surface area contributed by atoms with Crippen molar-refractivity contribution in [1.82, 2.24) is 0 Å². The number of hydrogen-bond acceptors (Lipinski definition) is 2. The van der Waals surface area contributed by atoms with Crippen molar-refractivity contribution in [3.05, 3.63) is 58.6 Å². The van der Waals surface area contributed by atoms with Gasteiger partial charge in [0, 0.05) is 10.7 Å². The van der Waals surface area contributed by atoms with Crippen LogP contribution in [0.1, 0.15) is 11.1 Å². The third kappa shape index (κ3) is 2.77. The summed E-state index contributed by atoms with van der Waals surface area (Å²) in [5.41, 5.74) is 3.42. The Hall–Kier alpha value is -1.98. The van der Waals surface area contributed by atoms with Crippen LogP contribution in [0.25, 0.3) is 0 Å². The van der Waals surface area contributed by atoms with E-state index in [4.69, 9.17) is 16.9 Å². The highest BCUT2D eigenvalue weighted by molar-refractivity contribution is 6.30. The van der Waals surface area contributed by atoms with Gasteiger partial charge in [-0.1, -0.05) is 23.7 Å². The van der Waals surface area contributed by atoms with E-state index in [0.717, 1.165) is 16.9 Å². The molecule has 0 bridgehead atoms. The molecule has 2 aromatic carbocycles. The summed E-state index contributed by atoms with van der Waals surface area (Å²) in [5, 5.41) is 12.8. The van der Waals surface area contributed by atoms with E-state index in [1.807, 2.05) is 31.2 Å². The maximum Gasteiger partial charge on any atom is 0.101 e. The van der Waals surface area contributed by atoms with Crippen LogP contribution in [-0.4, -0.2) is 0 Å². The van der Waals surface area contributed by atoms with E-state index in [-0.39, 0.29) is 0 Å². The topological polar surface area (TPSA) is 35.8 Å². The molecule has 17 heavy (non-hydrogen) atoms. The zero-order chi connectivity index (χ0) is 12.3. The second-order valence-electron chi connectivity index (χ2n) is 3.80. The smallest absolute Gasteiger partial charge is 0.101 e. The lowest BCUT2D eigenvalue weighted by molar-refractivity contribution is 1.43. The minimum Gasteiger partial charge on any atom is -0.354 e. The molecule has 0 aliphatic carbocycles. The Bertz CT molecular complexity index is 585. The molecule has 2 rings (SSSR count). The molecule has 0 radical (unpaired) electrons. The Morgan fingerprint density at radius 1 is 1.18 bits per heavy atom. The van der Waals surface area contributed by atoms with Crippen LogP contribution < -0.4 is 5.32 Å². The predicted octanol–water partition coefficient (Wildman–Crippen LogP) is 4.26. The molecule has 0 aliphatic heterocycles. The molecule has 0 saturated carbocycles. The molecule has 2 aromatic rings. The fraction of sp³-hybridized carbons (Fsp3) is 0.0714. The maximum atomic E-state index is 9.01. The monoisotopic (exact) mass is 242 g/mol. The molecule has 0 saturated heterocycles. The van der Waals surface area contributed by atoms with Gasteiger partial charge in [-0.15, -0.1) is 0 Å². The number of nitrogens with one attached hydrogen (secondary N) is 1. The minimum atomic E-state index is 0.580. The normalized spacial score (nSPS) is 9.71. The van der Waals surface area contributed by atoms with Crippen molar-refractivity contribution in [3.8, 4) is 6.07 Å². The van der Waals surface area contributed by atoms with Gasteiger partial charge in [0.2, 0.25) is 0 Å². The second kappa shape index (κ2) is 4.90. The van der Waals surface area contributed by atoms with E-state index in [1.165, 1.54) is 0 Å². The highest BCUT2D eigenvalue weighted by Gasteiger charge is 2.03. The largest absolute Gasteiger partial charge is 0.354 e. The molecule has 0 aromatic heterocycles. The zero-order valence-electron chi connectivity index (χ0n) is 9.37. The van der Waals surface area contributed by atoms with Gasteiger partial charge in [0.1, 0.15) is 6.07 Å². The highest BCUT2D eigenvalue weighted by atomic mass is 35.5. The van der Waals surface area contributed by atoms with Crippen LogP contribution in [0.3, 0.4) is 0 Å². The zero-order valence-corrected chi connectivity index (χ0v) is 10.1. The number of nitrogens with zero attached hydrogens (tertiary/aromatic N) is 1. The molecule has 0 unspecified atom stereocenters. The van der Waals surface area contributed by atoms with Crippen molar-refractivity contribution >= 4 is 23.0 Å². The summed E-state index contributed by atoms with van der Waals surface area (Å²) in [7, 11) is 0. The average Bonchev–Trinajstić information content (AvgIpc) is 2.29. The third-order valence-corrected chi connectivity index (χ3v) is 2.63. The summed E-state index contributed by atoms with van der Waals surface area (Å²) in [4.78, 5) is 0. The first-order valence-corrected chi connectivity index (χ1v) is 5.60. The number of halogens is 1. The Morgan fingerprint density at radius 3 is 2.71 bits per heavy atom. The maximum absolute atomic E-state index is 9.01. The molecule has 0 atom stereocenters. The van der Waals surface area contributed by atoms with Gasteiger partial charge in [0.25, 0.3) is 0 Å². The summed E-state index contributed by atoms with van der Waals surface area (Å²) in [5.74, 6) is 0. The summed E-state index contributed by atoms with van der Waals surface area (Å²) < 4.78 is 0. The van der Waals surface area contributed by atoms with E-state index in [0.29, 0.717) is 10.6 Å². The van der Waals surface area contributed by atoms with Crippen LogP contribution in [0.2, 0.25) is 5.02 Å². The SMILES string of the molecule is Cc1cccc(Nc2cc(Cl)ccc2C#N)c1. The van der Waals surface area contributed by atoms with Crippen LogP contribution >= 0.6 is 11.6 Å². The van der Waals surface area contributed by atoms with E-state index in [2.05, 4.69) is 11.4 Å². The van der Waals surface area contributed by atoms with Crippen molar-refractivity contribution in [3.63, 3.8) is 0 Å². The summed E-state index contributed by atoms with van der Waals surface area (Å²) in [6.45, 7) is 2.02. The van der Waals surface area contributed by atoms with Crippen molar-refractivity contribution in [1.29, 1.82) is 5.26 Å². The van der Waals surface area contributed by atoms with Gasteiger partial charge in [-0.3, -0.25) is 0 Å². The average molecular weight is 243 g/mol. The van der Waals surface area contributed by atoms with Gasteiger partial charge in [0.15, 0.2) is 0 Å². The highest BCUT2D eigenvalue weighted by Crippen LogP contribution is 2.24. The molecule has 0 amide bonds. The minimum absolute atomic E-state index is 0.580. The van der Waals surface area contributed by atoms with Gasteiger partial charge in [0.05, 0.1) is 11.3 Å². The lowest BCUT2D eigenvalue weighted by Gasteiger charge is -2.09. The molecule has 0 spiro atoms. The van der Waals surface area contributed by atoms with Crippen LogP contribution in [0.5, 0.6) is 0 Å². The van der Waals surface area contributed by atoms with Gasteiger partial charge < -0.3 is 5.32 Å². The van der Waals surface area contributed by atoms with E-state index >= 15 is 0 Å². The lowest BCUT2D eigenvalue weighted by atomic mass is 10.1. The van der Waals surface area contributed by atoms with E-state index < -0.39 is 0 Å². The Morgan fingerprint density at radius 2 is 2.00 bits per heavy atom. The fourth-order valence-electron chi connectivity index (χ4n) is 1.60. The summed E-state index contributed by atoms with van der Waals surface area (Å²) in [6, 6.07) is 15.3. The molecule has 0 heterocycles. The van der Waals surface area contributed by atoms with Crippen LogP contribution in [-0.2, 0) is 0 Å². The van der Waals surface area contributed by atoms with Crippen molar-refractivity contribution in [2.24, 2.45) is 0 Å². The van der Waals surface area contributed by atoms with Crippen LogP contribution in [0.4, 0.5) is 11.4 Å². The number of anilines is 2. The predicted molar refractivity (Wildman–Crippen MR) is 70.6 cm³/mol. The lowest BCUT2D eigenvalue weighted by Crippen LogP contribution is -1.93. The Labute approximate surface area is 105 Å². The van der Waals surface area contributed by atoms with Gasteiger partial charge >= 0.3 is 0 Å². The standard InChI is InChI=1S/C14H11ClN2/c1-10-3-2-4-13(7-10)17-14-8-12(15)6-5-11(14)9-16/h2-8,17H,1H3. The summed E-state index contributed by atoms with van der Waals surface area (Å²) >= 11 is 5.92. The van der Waals surface area contributed by atoms with Crippen LogP contribution in [0, 0.1) is 18.3 Å². The number of rotatable bonds is 2. The van der Waals surface area contributed by atoms with Gasteiger partial charge in [-0.05, 0) is 42.8 Å². The van der Waals surface area contributed by atoms with E-state index in [1.54, 1.807) is 18.2 Å². The Kier molecular flexibility index (Phi) is 3.32. The molecule has 84 valence electrons. The first-order valence-electron chi connectivity index (χ1n) is 5.22. The first kappa shape index (κ1) is 11.5. The third-order valence-electron chi connectivity index (χ3n) is 2.40. The number of hydrogen-bond donors (Lipinski definition) is 1. The van der Waals surface area contributed by atoms with Gasteiger partial charge in [-0.2, -0.15) is 5.26 Å². The fourth-order valence-corrected chi connectivity index (χ4v) is 1.77. The number of benzene rings is 2. The second-order valence-corrected chi connectivity index (χ2v) is 4.23. The van der Waals surface area contributed by atoms with Crippen molar-refractivity contribution < 1.29 is 0 Å². The van der Waals surface area contributed by atoms with E-state index in [9.17, 15) is 0 Å². The van der Waals surface area contributed by atoms with Gasteiger partial charge in [-0.25, -0.2) is 0 Å². The molecule has 2 nitrogen and oxygen atoms in total. The number of nitriles is 1.